The molecule has 0 heterocycles. The van der Waals surface area contributed by atoms with Gasteiger partial charge in [-0.2, -0.15) is 0 Å². The Balaban J connectivity index is 1.19. The van der Waals surface area contributed by atoms with Crippen molar-refractivity contribution in [3.8, 4) is 0 Å². The van der Waals surface area contributed by atoms with Crippen LogP contribution in [0.5, 0.6) is 0 Å². The first-order chi connectivity index (χ1) is 12.9. The molecule has 0 aromatic heterocycles. The van der Waals surface area contributed by atoms with Crippen LogP contribution in [-0.4, -0.2) is 7.35 Å². The van der Waals surface area contributed by atoms with Gasteiger partial charge in [0.1, 0.15) is 0 Å². The number of fused-ring (bicyclic) bond motifs is 14. The van der Waals surface area contributed by atoms with Gasteiger partial charge in [0.2, 0.25) is 0 Å². The molecule has 0 spiro atoms. The van der Waals surface area contributed by atoms with Crippen molar-refractivity contribution in [1.82, 2.24) is 0 Å². The molecule has 0 radical (unpaired) electrons. The van der Waals surface area contributed by atoms with E-state index in [9.17, 15) is 0 Å². The van der Waals surface area contributed by atoms with Gasteiger partial charge >= 0.3 is 0 Å². The zero-order chi connectivity index (χ0) is 18.6. The number of hydrogen-bond donors (Lipinski definition) is 0. The van der Waals surface area contributed by atoms with E-state index in [-0.39, 0.29) is 0 Å². The first-order valence-corrected chi connectivity index (χ1v) is 14.5. The molecular weight excluding hydrogens is 554 g/mol. The van der Waals surface area contributed by atoms with Gasteiger partial charge in [-0.25, -0.2) is 0 Å². The summed E-state index contributed by atoms with van der Waals surface area (Å²) >= 11 is 6.03. The smallest absolute Gasteiger partial charge is 0.0287 e. The minimum Gasteiger partial charge on any atom is -0.0820 e. The van der Waals surface area contributed by atoms with Crippen LogP contribution < -0.4 is 0 Å². The van der Waals surface area contributed by atoms with Gasteiger partial charge in [0.15, 0.2) is 0 Å². The molecule has 0 bridgehead atoms. The van der Waals surface area contributed by atoms with E-state index < -0.39 is 0 Å². The molecule has 17 atom stereocenters. The summed E-state index contributed by atoms with van der Waals surface area (Å²) in [6.07, 6.45) is 6.25. The molecule has 7 saturated carbocycles. The average Bonchev–Trinajstić information content (AvgIpc) is 2.67. The Hall–Kier alpha value is 1.46. The maximum Gasteiger partial charge on any atom is 0.0287 e. The van der Waals surface area contributed by atoms with Crippen molar-refractivity contribution in [2.75, 3.05) is 0 Å². The fourth-order valence-electron chi connectivity index (χ4n) is 11.1. The summed E-state index contributed by atoms with van der Waals surface area (Å²) in [5.41, 5.74) is 0. The summed E-state index contributed by atoms with van der Waals surface area (Å²) in [5, 5.41) is 0. The Morgan fingerprint density at radius 3 is 2.07 bits per heavy atom. The first kappa shape index (κ1) is 18.1. The Bertz CT molecular complexity index is 690. The number of hydrogen-bond acceptors (Lipinski definition) is 0. The van der Waals surface area contributed by atoms with Crippen LogP contribution >= 0.6 is 45.2 Å². The molecule has 0 nitrogen and oxygen atoms in total. The average molecular weight is 590 g/mol. The molecule has 7 rings (SSSR count). The molecular formula is C25H36I2. The fourth-order valence-corrected chi connectivity index (χ4v) is 15.1. The van der Waals surface area contributed by atoms with Crippen molar-refractivity contribution < 1.29 is 0 Å². The fraction of sp³-hybridized carbons (Fsp3) is 1.00. The number of rotatable bonds is 0. The number of alkyl halides is 2. The van der Waals surface area contributed by atoms with Gasteiger partial charge in [-0.15, -0.1) is 0 Å². The highest BCUT2D eigenvalue weighted by atomic mass is 127. The van der Waals surface area contributed by atoms with Crippen LogP contribution in [0.2, 0.25) is 0 Å². The van der Waals surface area contributed by atoms with Gasteiger partial charge in [0, 0.05) is 7.35 Å². The molecule has 0 saturated heterocycles. The molecule has 7 aliphatic rings. The molecule has 0 aromatic carbocycles. The largest absolute Gasteiger partial charge is 0.0820 e. The molecule has 17 unspecified atom stereocenters. The maximum atomic E-state index is 3.02. The van der Waals surface area contributed by atoms with E-state index in [4.69, 9.17) is 0 Å². The highest BCUT2D eigenvalue weighted by Gasteiger charge is 2.81. The normalized spacial score (nSPS) is 75.3. The second-order valence-corrected chi connectivity index (χ2v) is 16.0. The van der Waals surface area contributed by atoms with Gasteiger partial charge in [-0.3, -0.25) is 0 Å². The molecule has 0 aromatic rings. The molecule has 0 aliphatic heterocycles. The molecule has 2 heteroatoms. The number of halogens is 2. The third kappa shape index (κ3) is 1.80. The van der Waals surface area contributed by atoms with Gasteiger partial charge in [-0.1, -0.05) is 72.9 Å². The Kier molecular flexibility index (Phi) is 3.64. The van der Waals surface area contributed by atoms with Crippen LogP contribution in [0.4, 0.5) is 0 Å². The van der Waals surface area contributed by atoms with Crippen LogP contribution in [0.15, 0.2) is 0 Å². The molecule has 7 fully saturated rings. The lowest BCUT2D eigenvalue weighted by Crippen LogP contribution is -2.82. The van der Waals surface area contributed by atoms with E-state index >= 15 is 0 Å². The monoisotopic (exact) mass is 590 g/mol. The van der Waals surface area contributed by atoms with Crippen LogP contribution in [0.25, 0.3) is 0 Å². The zero-order valence-electron chi connectivity index (χ0n) is 17.3. The van der Waals surface area contributed by atoms with Crippen LogP contribution in [0.3, 0.4) is 0 Å². The van der Waals surface area contributed by atoms with E-state index in [1.54, 1.807) is 12.8 Å². The zero-order valence-corrected chi connectivity index (χ0v) is 21.6. The van der Waals surface area contributed by atoms with Crippen LogP contribution in [0.1, 0.15) is 53.4 Å². The summed E-state index contributed by atoms with van der Waals surface area (Å²) < 4.78 is 1.68. The molecule has 0 N–H and O–H groups in total. The van der Waals surface area contributed by atoms with E-state index in [1.165, 1.54) is 48.3 Å². The van der Waals surface area contributed by atoms with Gasteiger partial charge in [0.05, 0.1) is 0 Å². The summed E-state index contributed by atoms with van der Waals surface area (Å²) in [6, 6.07) is 0. The third-order valence-corrected chi connectivity index (χ3v) is 16.3. The lowest BCUT2D eigenvalue weighted by molar-refractivity contribution is -0.366. The minimum absolute atomic E-state index is 0.663. The van der Waals surface area contributed by atoms with Crippen molar-refractivity contribution in [2.24, 2.45) is 88.8 Å². The summed E-state index contributed by atoms with van der Waals surface area (Å²) in [7, 11) is 0. The lowest BCUT2D eigenvalue weighted by Gasteiger charge is -2.85. The Morgan fingerprint density at radius 2 is 1.37 bits per heavy atom. The minimum atomic E-state index is 0.663. The van der Waals surface area contributed by atoms with E-state index in [1.807, 2.05) is 0 Å². The van der Waals surface area contributed by atoms with E-state index in [0.29, 0.717) is 3.42 Å². The second kappa shape index (κ2) is 5.44. The summed E-state index contributed by atoms with van der Waals surface area (Å²) in [4.78, 5) is 0. The van der Waals surface area contributed by atoms with Crippen molar-refractivity contribution in [2.45, 2.75) is 60.7 Å². The van der Waals surface area contributed by atoms with Gasteiger partial charge in [-0.05, 0) is 114 Å². The predicted molar refractivity (Wildman–Crippen MR) is 128 cm³/mol. The van der Waals surface area contributed by atoms with Crippen molar-refractivity contribution in [3.05, 3.63) is 0 Å². The van der Waals surface area contributed by atoms with Gasteiger partial charge in [0.25, 0.3) is 0 Å². The third-order valence-electron chi connectivity index (χ3n) is 12.5. The maximum absolute atomic E-state index is 3.02. The van der Waals surface area contributed by atoms with Crippen molar-refractivity contribution in [3.63, 3.8) is 0 Å². The molecule has 150 valence electrons. The van der Waals surface area contributed by atoms with Crippen molar-refractivity contribution in [1.29, 1.82) is 0 Å². The summed E-state index contributed by atoms with van der Waals surface area (Å²) in [6.45, 7) is 10.3. The highest BCUT2D eigenvalue weighted by molar-refractivity contribution is 14.1. The second-order valence-electron chi connectivity index (χ2n) is 12.6. The predicted octanol–water partition coefficient (Wildman–Crippen LogP) is 6.94. The van der Waals surface area contributed by atoms with Crippen LogP contribution in [0, 0.1) is 88.8 Å². The SMILES string of the molecule is CC1CCC2(I)C3CC4C(C(I)C3C2C(C)C1C)C1C4C2C3CC(C)C3C21. The van der Waals surface area contributed by atoms with E-state index in [2.05, 4.69) is 72.9 Å². The van der Waals surface area contributed by atoms with Gasteiger partial charge < -0.3 is 0 Å². The van der Waals surface area contributed by atoms with Crippen molar-refractivity contribution >= 4 is 45.2 Å². The molecule has 27 heavy (non-hydrogen) atoms. The molecule has 7 aliphatic carbocycles. The topological polar surface area (TPSA) is 0 Å². The van der Waals surface area contributed by atoms with Crippen LogP contribution in [-0.2, 0) is 0 Å². The standard InChI is InChI=1S/C25H36I2/c1-9-5-6-25(27)15-8-14-18-17-13-7-10(2)16(13)21(17)22(18)19(14)24(26)20(15)23(25)12(4)11(9)3/h9-24H,5-8H2,1-4H3. The first-order valence-electron chi connectivity index (χ1n) is 12.2. The quantitative estimate of drug-likeness (QED) is 0.163. The Morgan fingerprint density at radius 1 is 0.704 bits per heavy atom. The lowest BCUT2D eigenvalue weighted by atomic mass is 9.20. The Labute approximate surface area is 193 Å². The van der Waals surface area contributed by atoms with E-state index in [0.717, 1.165) is 57.2 Å². The highest BCUT2D eigenvalue weighted by Crippen LogP contribution is 2.85. The summed E-state index contributed by atoms with van der Waals surface area (Å²) in [5.74, 6) is 16.5. The molecule has 0 amide bonds.